The Bertz CT molecular complexity index is 783. The topological polar surface area (TPSA) is 88.5 Å². The van der Waals surface area contributed by atoms with Gasteiger partial charge in [-0.2, -0.15) is 5.10 Å². The molecule has 1 aliphatic heterocycles. The van der Waals surface area contributed by atoms with E-state index in [2.05, 4.69) is 20.6 Å². The quantitative estimate of drug-likeness (QED) is 0.743. The predicted molar refractivity (Wildman–Crippen MR) is 101 cm³/mol. The Morgan fingerprint density at radius 1 is 1.19 bits per heavy atom. The van der Waals surface area contributed by atoms with Gasteiger partial charge >= 0.3 is 0 Å². The molecule has 0 unspecified atom stereocenters. The molecule has 2 N–H and O–H groups in total. The van der Waals surface area contributed by atoms with Crippen LogP contribution in [0.1, 0.15) is 22.8 Å². The number of rotatable bonds is 7. The van der Waals surface area contributed by atoms with E-state index in [0.29, 0.717) is 24.3 Å². The average molecular weight is 371 g/mol. The second kappa shape index (κ2) is 9.29. The van der Waals surface area contributed by atoms with Gasteiger partial charge in [0.2, 0.25) is 5.91 Å². The van der Waals surface area contributed by atoms with E-state index in [1.165, 1.54) is 6.92 Å². The molecule has 8 heteroatoms. The van der Waals surface area contributed by atoms with Crippen LogP contribution in [0.25, 0.3) is 5.69 Å². The maximum atomic E-state index is 12.6. The van der Waals surface area contributed by atoms with Gasteiger partial charge in [0.05, 0.1) is 30.7 Å². The van der Waals surface area contributed by atoms with Crippen LogP contribution in [-0.4, -0.2) is 65.9 Å². The van der Waals surface area contributed by atoms with Crippen LogP contribution < -0.4 is 10.6 Å². The molecule has 27 heavy (non-hydrogen) atoms. The highest BCUT2D eigenvalue weighted by molar-refractivity contribution is 5.97. The summed E-state index contributed by atoms with van der Waals surface area (Å²) in [5.41, 5.74) is 2.14. The molecule has 1 aromatic heterocycles. The van der Waals surface area contributed by atoms with E-state index in [0.717, 1.165) is 38.4 Å². The van der Waals surface area contributed by atoms with Gasteiger partial charge in [0, 0.05) is 51.4 Å². The number of benzene rings is 1. The summed E-state index contributed by atoms with van der Waals surface area (Å²) in [7, 11) is 0. The first kappa shape index (κ1) is 19.1. The molecule has 1 fully saturated rings. The molecule has 2 heterocycles. The van der Waals surface area contributed by atoms with Crippen molar-refractivity contribution in [3.05, 3.63) is 47.8 Å². The normalized spacial score (nSPS) is 14.7. The van der Waals surface area contributed by atoms with Gasteiger partial charge in [-0.1, -0.05) is 12.1 Å². The first-order chi connectivity index (χ1) is 13.1. The first-order valence-electron chi connectivity index (χ1n) is 9.09. The van der Waals surface area contributed by atoms with Gasteiger partial charge in [0.1, 0.15) is 0 Å². The fourth-order valence-electron chi connectivity index (χ4n) is 2.92. The van der Waals surface area contributed by atoms with E-state index >= 15 is 0 Å². The van der Waals surface area contributed by atoms with Crippen molar-refractivity contribution in [2.24, 2.45) is 0 Å². The SMILES string of the molecule is CC(=O)NCc1cnn(-c2ccccc2C(=O)NCCN2CCOCC2)c1. The maximum absolute atomic E-state index is 12.6. The summed E-state index contributed by atoms with van der Waals surface area (Å²) in [6.45, 7) is 6.56. The number of nitrogens with zero attached hydrogens (tertiary/aromatic N) is 3. The van der Waals surface area contributed by atoms with E-state index in [9.17, 15) is 9.59 Å². The molecule has 1 aromatic carbocycles. The highest BCUT2D eigenvalue weighted by atomic mass is 16.5. The number of hydrogen-bond donors (Lipinski definition) is 2. The van der Waals surface area contributed by atoms with Crippen molar-refractivity contribution in [1.29, 1.82) is 0 Å². The molecule has 1 aliphatic rings. The molecular formula is C19H25N5O3. The maximum Gasteiger partial charge on any atom is 0.253 e. The van der Waals surface area contributed by atoms with Crippen LogP contribution >= 0.6 is 0 Å². The van der Waals surface area contributed by atoms with Gasteiger partial charge in [-0.25, -0.2) is 4.68 Å². The Morgan fingerprint density at radius 2 is 1.96 bits per heavy atom. The number of ether oxygens (including phenoxy) is 1. The molecule has 0 aliphatic carbocycles. The zero-order chi connectivity index (χ0) is 19.1. The lowest BCUT2D eigenvalue weighted by Crippen LogP contribution is -2.41. The van der Waals surface area contributed by atoms with Gasteiger partial charge in [-0.15, -0.1) is 0 Å². The number of hydrogen-bond acceptors (Lipinski definition) is 5. The number of aromatic nitrogens is 2. The largest absolute Gasteiger partial charge is 0.379 e. The van der Waals surface area contributed by atoms with E-state index < -0.39 is 0 Å². The van der Waals surface area contributed by atoms with Crippen LogP contribution in [0.3, 0.4) is 0 Å². The zero-order valence-corrected chi connectivity index (χ0v) is 15.5. The van der Waals surface area contributed by atoms with Crippen LogP contribution in [-0.2, 0) is 16.1 Å². The summed E-state index contributed by atoms with van der Waals surface area (Å²) in [5, 5.41) is 10.0. The Hall–Kier alpha value is -2.71. The highest BCUT2D eigenvalue weighted by Gasteiger charge is 2.14. The molecule has 0 spiro atoms. The third-order valence-corrected chi connectivity index (χ3v) is 4.39. The standard InChI is InChI=1S/C19H25N5O3/c1-15(25)21-12-16-13-22-24(14-16)18-5-3-2-4-17(18)19(26)20-6-7-23-8-10-27-11-9-23/h2-5,13-14H,6-12H2,1H3,(H,20,26)(H,21,25). The van der Waals surface area contributed by atoms with E-state index in [1.807, 2.05) is 24.4 Å². The third-order valence-electron chi connectivity index (χ3n) is 4.39. The van der Waals surface area contributed by atoms with E-state index in [-0.39, 0.29) is 11.8 Å². The number of para-hydroxylation sites is 1. The van der Waals surface area contributed by atoms with E-state index in [1.54, 1.807) is 16.9 Å². The molecule has 2 aromatic rings. The Morgan fingerprint density at radius 3 is 2.74 bits per heavy atom. The fraction of sp³-hybridized carbons (Fsp3) is 0.421. The summed E-state index contributed by atoms with van der Waals surface area (Å²) in [5.74, 6) is -0.222. The van der Waals surface area contributed by atoms with Crippen LogP contribution in [0, 0.1) is 0 Å². The van der Waals surface area contributed by atoms with Gasteiger partial charge in [-0.05, 0) is 12.1 Å². The van der Waals surface area contributed by atoms with Crippen LogP contribution in [0.15, 0.2) is 36.7 Å². The van der Waals surface area contributed by atoms with Crippen molar-refractivity contribution in [3.63, 3.8) is 0 Å². The second-order valence-electron chi connectivity index (χ2n) is 6.43. The van der Waals surface area contributed by atoms with Crippen LogP contribution in [0.2, 0.25) is 0 Å². The van der Waals surface area contributed by atoms with Crippen molar-refractivity contribution in [2.45, 2.75) is 13.5 Å². The minimum Gasteiger partial charge on any atom is -0.379 e. The minimum atomic E-state index is -0.127. The van der Waals surface area contributed by atoms with E-state index in [4.69, 9.17) is 4.74 Å². The van der Waals surface area contributed by atoms with Crippen molar-refractivity contribution < 1.29 is 14.3 Å². The Kier molecular flexibility index (Phi) is 6.56. The number of carbonyl (C=O) groups excluding carboxylic acids is 2. The van der Waals surface area contributed by atoms with Crippen molar-refractivity contribution in [1.82, 2.24) is 25.3 Å². The summed E-state index contributed by atoms with van der Waals surface area (Å²) >= 11 is 0. The predicted octanol–water partition coefficient (Wildman–Crippen LogP) is 0.570. The van der Waals surface area contributed by atoms with Crippen molar-refractivity contribution in [2.75, 3.05) is 39.4 Å². The monoisotopic (exact) mass is 371 g/mol. The molecule has 0 atom stereocenters. The molecule has 144 valence electrons. The molecule has 0 saturated carbocycles. The molecule has 2 amide bonds. The fourth-order valence-corrected chi connectivity index (χ4v) is 2.92. The lowest BCUT2D eigenvalue weighted by atomic mass is 10.1. The summed E-state index contributed by atoms with van der Waals surface area (Å²) in [6, 6.07) is 7.35. The minimum absolute atomic E-state index is 0.0946. The van der Waals surface area contributed by atoms with Gasteiger partial charge in [0.15, 0.2) is 0 Å². The smallest absolute Gasteiger partial charge is 0.253 e. The Balaban J connectivity index is 1.62. The highest BCUT2D eigenvalue weighted by Crippen LogP contribution is 2.14. The lowest BCUT2D eigenvalue weighted by molar-refractivity contribution is -0.119. The molecular weight excluding hydrogens is 346 g/mol. The first-order valence-corrected chi connectivity index (χ1v) is 9.09. The second-order valence-corrected chi connectivity index (χ2v) is 6.43. The number of morpholine rings is 1. The molecule has 0 bridgehead atoms. The summed E-state index contributed by atoms with van der Waals surface area (Å²) < 4.78 is 6.99. The van der Waals surface area contributed by atoms with Gasteiger partial charge < -0.3 is 15.4 Å². The van der Waals surface area contributed by atoms with Crippen molar-refractivity contribution >= 4 is 11.8 Å². The molecule has 1 saturated heterocycles. The van der Waals surface area contributed by atoms with Crippen LogP contribution in [0.5, 0.6) is 0 Å². The van der Waals surface area contributed by atoms with Crippen LogP contribution in [0.4, 0.5) is 0 Å². The number of carbonyl (C=O) groups is 2. The molecule has 8 nitrogen and oxygen atoms in total. The molecule has 0 radical (unpaired) electrons. The lowest BCUT2D eigenvalue weighted by Gasteiger charge is -2.26. The average Bonchev–Trinajstić information content (AvgIpc) is 3.16. The Labute approximate surface area is 158 Å². The van der Waals surface area contributed by atoms with Gasteiger partial charge in [0.25, 0.3) is 5.91 Å². The molecule has 3 rings (SSSR count). The van der Waals surface area contributed by atoms with Gasteiger partial charge in [-0.3, -0.25) is 14.5 Å². The van der Waals surface area contributed by atoms with Crippen molar-refractivity contribution in [3.8, 4) is 5.69 Å². The number of nitrogens with one attached hydrogen (secondary N) is 2. The summed E-state index contributed by atoms with van der Waals surface area (Å²) in [6.07, 6.45) is 3.50. The summed E-state index contributed by atoms with van der Waals surface area (Å²) in [4.78, 5) is 26.0. The number of amides is 2. The third kappa shape index (κ3) is 5.38. The zero-order valence-electron chi connectivity index (χ0n) is 15.5.